The summed E-state index contributed by atoms with van der Waals surface area (Å²) >= 11 is 11.6. The zero-order valence-corrected chi connectivity index (χ0v) is 9.76. The molecule has 3 nitrogen and oxygen atoms in total. The maximum Gasteiger partial charge on any atom is 0.160 e. The Hall–Kier alpha value is -0.380. The number of ether oxygens (including phenoxy) is 1. The molecule has 1 saturated heterocycles. The van der Waals surface area contributed by atoms with Crippen LogP contribution in [0.3, 0.4) is 0 Å². The van der Waals surface area contributed by atoms with E-state index in [0.29, 0.717) is 16.1 Å². The van der Waals surface area contributed by atoms with Crippen molar-refractivity contribution in [3.63, 3.8) is 0 Å². The van der Waals surface area contributed by atoms with Crippen molar-refractivity contribution < 1.29 is 4.74 Å². The Kier molecular flexibility index (Phi) is 3.78. The summed E-state index contributed by atoms with van der Waals surface area (Å²) in [4.78, 5) is 8.29. The molecule has 0 spiro atoms. The molecule has 0 aromatic carbocycles. The van der Waals surface area contributed by atoms with Crippen LogP contribution in [0.2, 0.25) is 10.3 Å². The van der Waals surface area contributed by atoms with Crippen molar-refractivity contribution in [2.75, 3.05) is 6.61 Å². The monoisotopic (exact) mass is 246 g/mol. The number of rotatable bonds is 1. The lowest BCUT2D eigenvalue weighted by Gasteiger charge is -2.13. The van der Waals surface area contributed by atoms with E-state index in [1.807, 2.05) is 0 Å². The Morgan fingerprint density at radius 3 is 2.60 bits per heavy atom. The fourth-order valence-corrected chi connectivity index (χ4v) is 2.11. The van der Waals surface area contributed by atoms with E-state index in [0.717, 1.165) is 25.9 Å². The van der Waals surface area contributed by atoms with Crippen LogP contribution in [0, 0.1) is 0 Å². The van der Waals surface area contributed by atoms with Crippen molar-refractivity contribution in [1.29, 1.82) is 0 Å². The molecule has 1 aromatic rings. The fraction of sp³-hybridized carbons (Fsp3) is 0.600. The quantitative estimate of drug-likeness (QED) is 0.713. The first-order chi connectivity index (χ1) is 7.25. The highest BCUT2D eigenvalue weighted by Crippen LogP contribution is 2.26. The molecule has 82 valence electrons. The molecule has 0 bridgehead atoms. The van der Waals surface area contributed by atoms with E-state index in [2.05, 4.69) is 9.97 Å². The SMILES string of the molecule is Clc1cc(Cl)nc(C2CCCCCO2)n1. The molecule has 1 aromatic heterocycles. The number of aromatic nitrogens is 2. The zero-order chi connectivity index (χ0) is 10.7. The molecule has 1 atom stereocenters. The number of nitrogens with zero attached hydrogens (tertiary/aromatic N) is 2. The minimum absolute atomic E-state index is 0.0521. The van der Waals surface area contributed by atoms with Crippen molar-refractivity contribution in [2.45, 2.75) is 31.8 Å². The Morgan fingerprint density at radius 1 is 1.13 bits per heavy atom. The second kappa shape index (κ2) is 5.10. The predicted octanol–water partition coefficient (Wildman–Crippen LogP) is 3.42. The molecule has 15 heavy (non-hydrogen) atoms. The van der Waals surface area contributed by atoms with Gasteiger partial charge < -0.3 is 4.74 Å². The Labute approximate surface area is 98.8 Å². The van der Waals surface area contributed by atoms with Crippen LogP contribution >= 0.6 is 23.2 Å². The van der Waals surface area contributed by atoms with Crippen molar-refractivity contribution in [1.82, 2.24) is 9.97 Å². The first kappa shape index (κ1) is 11.1. The average molecular weight is 247 g/mol. The molecule has 2 rings (SSSR count). The molecule has 2 heterocycles. The summed E-state index contributed by atoms with van der Waals surface area (Å²) in [6, 6.07) is 1.53. The number of halogens is 2. The highest BCUT2D eigenvalue weighted by atomic mass is 35.5. The van der Waals surface area contributed by atoms with Crippen molar-refractivity contribution >= 4 is 23.2 Å². The normalized spacial score (nSPS) is 22.4. The minimum Gasteiger partial charge on any atom is -0.370 e. The lowest BCUT2D eigenvalue weighted by Crippen LogP contribution is -2.08. The Balaban J connectivity index is 2.19. The molecule has 0 saturated carbocycles. The van der Waals surface area contributed by atoms with Crippen molar-refractivity contribution in [3.8, 4) is 0 Å². The van der Waals surface area contributed by atoms with Crippen LogP contribution in [-0.2, 0) is 4.74 Å². The molecule has 5 heteroatoms. The maximum absolute atomic E-state index is 5.82. The van der Waals surface area contributed by atoms with Gasteiger partial charge in [-0.1, -0.05) is 36.0 Å². The molecule has 1 aliphatic heterocycles. The van der Waals surface area contributed by atoms with Gasteiger partial charge in [0.05, 0.1) is 0 Å². The van der Waals surface area contributed by atoms with Gasteiger partial charge in [0.2, 0.25) is 0 Å². The van der Waals surface area contributed by atoms with Gasteiger partial charge in [0, 0.05) is 12.7 Å². The molecular weight excluding hydrogens is 235 g/mol. The summed E-state index contributed by atoms with van der Waals surface area (Å²) in [5, 5.41) is 0.746. The van der Waals surface area contributed by atoms with Crippen LogP contribution in [0.25, 0.3) is 0 Å². The van der Waals surface area contributed by atoms with Crippen molar-refractivity contribution in [3.05, 3.63) is 22.2 Å². The lowest BCUT2D eigenvalue weighted by molar-refractivity contribution is 0.0521. The van der Waals surface area contributed by atoms with Gasteiger partial charge in [-0.05, 0) is 12.8 Å². The van der Waals surface area contributed by atoms with E-state index in [1.165, 1.54) is 12.5 Å². The maximum atomic E-state index is 5.82. The highest BCUT2D eigenvalue weighted by Gasteiger charge is 2.18. The topological polar surface area (TPSA) is 35.0 Å². The van der Waals surface area contributed by atoms with E-state index in [9.17, 15) is 0 Å². The molecule has 0 radical (unpaired) electrons. The first-order valence-corrected chi connectivity index (χ1v) is 5.83. The van der Waals surface area contributed by atoms with Gasteiger partial charge in [-0.2, -0.15) is 0 Å². The van der Waals surface area contributed by atoms with Crippen LogP contribution in [0.5, 0.6) is 0 Å². The Bertz CT molecular complexity index is 318. The summed E-state index contributed by atoms with van der Waals surface area (Å²) in [6.07, 6.45) is 4.33. The predicted molar refractivity (Wildman–Crippen MR) is 59.2 cm³/mol. The third kappa shape index (κ3) is 3.03. The smallest absolute Gasteiger partial charge is 0.160 e. The van der Waals surface area contributed by atoms with Crippen LogP contribution < -0.4 is 0 Å². The molecule has 1 fully saturated rings. The van der Waals surface area contributed by atoms with E-state index in [1.54, 1.807) is 0 Å². The third-order valence-corrected chi connectivity index (χ3v) is 2.79. The van der Waals surface area contributed by atoms with E-state index >= 15 is 0 Å². The van der Waals surface area contributed by atoms with E-state index in [4.69, 9.17) is 27.9 Å². The van der Waals surface area contributed by atoms with Gasteiger partial charge >= 0.3 is 0 Å². The van der Waals surface area contributed by atoms with Gasteiger partial charge in [0.25, 0.3) is 0 Å². The molecule has 0 amide bonds. The third-order valence-electron chi connectivity index (χ3n) is 2.40. The van der Waals surface area contributed by atoms with Gasteiger partial charge in [0.1, 0.15) is 16.4 Å². The van der Waals surface area contributed by atoms with Crippen molar-refractivity contribution in [2.24, 2.45) is 0 Å². The van der Waals surface area contributed by atoms with Crippen LogP contribution in [0.1, 0.15) is 37.6 Å². The van der Waals surface area contributed by atoms with Gasteiger partial charge in [-0.25, -0.2) is 9.97 Å². The summed E-state index contributed by atoms with van der Waals surface area (Å²) in [5.41, 5.74) is 0. The molecule has 1 unspecified atom stereocenters. The summed E-state index contributed by atoms with van der Waals surface area (Å²) < 4.78 is 5.66. The standard InChI is InChI=1S/C10H12Cl2N2O/c11-8-6-9(12)14-10(13-8)7-4-2-1-3-5-15-7/h6-7H,1-5H2. The summed E-state index contributed by atoms with van der Waals surface area (Å²) in [7, 11) is 0. The van der Waals surface area contributed by atoms with Crippen LogP contribution in [0.4, 0.5) is 0 Å². The second-order valence-electron chi connectivity index (χ2n) is 3.58. The van der Waals surface area contributed by atoms with E-state index in [-0.39, 0.29) is 6.10 Å². The Morgan fingerprint density at radius 2 is 1.87 bits per heavy atom. The lowest BCUT2D eigenvalue weighted by atomic mass is 10.1. The van der Waals surface area contributed by atoms with Gasteiger partial charge in [-0.15, -0.1) is 0 Å². The molecular formula is C10H12Cl2N2O. The van der Waals surface area contributed by atoms with Crippen LogP contribution in [-0.4, -0.2) is 16.6 Å². The molecule has 0 N–H and O–H groups in total. The van der Waals surface area contributed by atoms with Crippen LogP contribution in [0.15, 0.2) is 6.07 Å². The number of hydrogen-bond acceptors (Lipinski definition) is 3. The molecule has 0 aliphatic carbocycles. The molecule has 1 aliphatic rings. The van der Waals surface area contributed by atoms with E-state index < -0.39 is 0 Å². The summed E-state index contributed by atoms with van der Waals surface area (Å²) in [6.45, 7) is 0.762. The average Bonchev–Trinajstić information content (AvgIpc) is 2.43. The first-order valence-electron chi connectivity index (χ1n) is 5.07. The van der Waals surface area contributed by atoms with Gasteiger partial charge in [0.15, 0.2) is 5.82 Å². The van der Waals surface area contributed by atoms with Gasteiger partial charge in [-0.3, -0.25) is 0 Å². The summed E-state index contributed by atoms with van der Waals surface area (Å²) in [5.74, 6) is 0.606. The zero-order valence-electron chi connectivity index (χ0n) is 8.25. The highest BCUT2D eigenvalue weighted by molar-refractivity contribution is 6.33. The number of hydrogen-bond donors (Lipinski definition) is 0. The minimum atomic E-state index is -0.0521. The fourth-order valence-electron chi connectivity index (χ4n) is 1.67. The largest absolute Gasteiger partial charge is 0.370 e. The second-order valence-corrected chi connectivity index (χ2v) is 4.35.